The summed E-state index contributed by atoms with van der Waals surface area (Å²) in [7, 11) is 0. The lowest BCUT2D eigenvalue weighted by Gasteiger charge is -2.30. The molecule has 1 aliphatic carbocycles. The van der Waals surface area contributed by atoms with Gasteiger partial charge in [-0.1, -0.05) is 37.6 Å². The third-order valence-electron chi connectivity index (χ3n) is 5.00. The Hall–Kier alpha value is -3.37. The van der Waals surface area contributed by atoms with E-state index in [9.17, 15) is 15.3 Å². The summed E-state index contributed by atoms with van der Waals surface area (Å²) >= 11 is 0. The number of benzene rings is 1. The van der Waals surface area contributed by atoms with Gasteiger partial charge in [-0.3, -0.25) is 4.79 Å². The summed E-state index contributed by atoms with van der Waals surface area (Å²) in [6.45, 7) is 7.14. The van der Waals surface area contributed by atoms with Gasteiger partial charge in [0.15, 0.2) is 5.78 Å². The molecule has 3 rings (SSSR count). The van der Waals surface area contributed by atoms with E-state index in [4.69, 9.17) is 0 Å². The largest absolute Gasteiger partial charge is 0.349 e. The lowest BCUT2D eigenvalue weighted by molar-refractivity contribution is 0.104. The minimum atomic E-state index is -0.131. The molecular weight excluding hydrogens is 334 g/mol. The van der Waals surface area contributed by atoms with E-state index >= 15 is 0 Å². The molecule has 134 valence electrons. The second-order valence-corrected chi connectivity index (χ2v) is 6.76. The highest BCUT2D eigenvalue weighted by atomic mass is 16.1. The maximum atomic E-state index is 13.1. The second kappa shape index (κ2) is 7.48. The fourth-order valence-electron chi connectivity index (χ4n) is 3.69. The average molecular weight is 355 g/mol. The van der Waals surface area contributed by atoms with E-state index in [-0.39, 0.29) is 11.4 Å². The minimum absolute atomic E-state index is 0.0266. The molecule has 1 aromatic carbocycles. The van der Waals surface area contributed by atoms with Crippen LogP contribution in [0.3, 0.4) is 0 Å². The molecule has 0 spiro atoms. The molecule has 2 aliphatic rings. The summed E-state index contributed by atoms with van der Waals surface area (Å²) in [6.07, 6.45) is 6.16. The lowest BCUT2D eigenvalue weighted by Crippen LogP contribution is -2.23. The molecule has 0 bridgehead atoms. The van der Waals surface area contributed by atoms with Crippen molar-refractivity contribution in [2.75, 3.05) is 6.54 Å². The zero-order valence-corrected chi connectivity index (χ0v) is 15.8. The van der Waals surface area contributed by atoms with Crippen LogP contribution in [0.1, 0.15) is 49.5 Å². The number of ketones is 1. The standard InChI is InChI=1S/C23H21N3O/c1-4-5-10-26-15(2)11-17(12-16(26)3)22-21(18(13-24)14-25)19-8-6-7-9-20(19)23(22)27/h6-9,11-12H,4-5,10H2,1-3H3. The Morgan fingerprint density at radius 3 is 2.19 bits per heavy atom. The molecule has 0 N–H and O–H groups in total. The molecule has 4 nitrogen and oxygen atoms in total. The number of unbranched alkanes of at least 4 members (excludes halogenated alkanes) is 1. The van der Waals surface area contributed by atoms with E-state index in [1.807, 2.05) is 44.2 Å². The quantitative estimate of drug-likeness (QED) is 0.571. The van der Waals surface area contributed by atoms with Crippen LogP contribution in [-0.2, 0) is 0 Å². The van der Waals surface area contributed by atoms with E-state index in [0.717, 1.165) is 36.4 Å². The Morgan fingerprint density at radius 2 is 1.63 bits per heavy atom. The van der Waals surface area contributed by atoms with Gasteiger partial charge in [-0.15, -0.1) is 0 Å². The van der Waals surface area contributed by atoms with Gasteiger partial charge in [-0.25, -0.2) is 0 Å². The van der Waals surface area contributed by atoms with Crippen LogP contribution in [0.5, 0.6) is 0 Å². The molecule has 0 amide bonds. The first-order valence-electron chi connectivity index (χ1n) is 9.10. The van der Waals surface area contributed by atoms with Crippen molar-refractivity contribution < 1.29 is 4.79 Å². The number of rotatable bonds is 3. The maximum Gasteiger partial charge on any atom is 0.194 e. The Balaban J connectivity index is 2.23. The highest BCUT2D eigenvalue weighted by Gasteiger charge is 2.34. The smallest absolute Gasteiger partial charge is 0.194 e. The van der Waals surface area contributed by atoms with Gasteiger partial charge in [-0.2, -0.15) is 10.5 Å². The molecule has 0 saturated carbocycles. The molecular formula is C23H21N3O. The van der Waals surface area contributed by atoms with Crippen molar-refractivity contribution in [3.63, 3.8) is 0 Å². The highest BCUT2D eigenvalue weighted by Crippen LogP contribution is 2.42. The van der Waals surface area contributed by atoms with Crippen molar-refractivity contribution in [2.24, 2.45) is 0 Å². The first-order valence-corrected chi connectivity index (χ1v) is 9.10. The average Bonchev–Trinajstić information content (AvgIpc) is 2.95. The van der Waals surface area contributed by atoms with Crippen LogP contribution in [0.2, 0.25) is 0 Å². The molecule has 0 saturated heterocycles. The van der Waals surface area contributed by atoms with Crippen LogP contribution in [0, 0.1) is 22.7 Å². The Kier molecular flexibility index (Phi) is 5.10. The van der Waals surface area contributed by atoms with Gasteiger partial charge >= 0.3 is 0 Å². The number of Topliss-reactive ketones (excluding diaryl/α,β-unsaturated/α-hetero) is 1. The molecule has 27 heavy (non-hydrogen) atoms. The Bertz CT molecular complexity index is 984. The number of allylic oxidation sites excluding steroid dienone is 8. The van der Waals surface area contributed by atoms with E-state index < -0.39 is 0 Å². The number of hydrogen-bond acceptors (Lipinski definition) is 4. The monoisotopic (exact) mass is 355 g/mol. The third-order valence-corrected chi connectivity index (χ3v) is 5.00. The zero-order chi connectivity index (χ0) is 19.6. The summed E-state index contributed by atoms with van der Waals surface area (Å²) < 4.78 is 0. The van der Waals surface area contributed by atoms with Crippen molar-refractivity contribution in [1.29, 1.82) is 10.5 Å². The summed E-state index contributed by atoms with van der Waals surface area (Å²) in [5, 5.41) is 18.9. The summed E-state index contributed by atoms with van der Waals surface area (Å²) in [6, 6.07) is 11.1. The van der Waals surface area contributed by atoms with Crippen LogP contribution in [0.25, 0.3) is 5.57 Å². The number of nitriles is 2. The minimum Gasteiger partial charge on any atom is -0.349 e. The van der Waals surface area contributed by atoms with E-state index in [1.54, 1.807) is 18.2 Å². The van der Waals surface area contributed by atoms with Crippen molar-refractivity contribution in [1.82, 2.24) is 4.90 Å². The fourth-order valence-corrected chi connectivity index (χ4v) is 3.69. The summed E-state index contributed by atoms with van der Waals surface area (Å²) in [5.41, 5.74) is 4.96. The number of fused-ring (bicyclic) bond motifs is 1. The highest BCUT2D eigenvalue weighted by molar-refractivity contribution is 6.28. The SMILES string of the molecule is CCCCN1C(C)=CC(=C2C(=O)c3ccccc3C2=C(C#N)C#N)C=C1C. The van der Waals surface area contributed by atoms with Gasteiger partial charge in [0.1, 0.15) is 17.7 Å². The van der Waals surface area contributed by atoms with Gasteiger partial charge in [0.05, 0.1) is 0 Å². The van der Waals surface area contributed by atoms with Crippen molar-refractivity contribution >= 4 is 11.4 Å². The second-order valence-electron chi connectivity index (χ2n) is 6.76. The van der Waals surface area contributed by atoms with Crippen LogP contribution < -0.4 is 0 Å². The van der Waals surface area contributed by atoms with Crippen LogP contribution in [-0.4, -0.2) is 17.2 Å². The first kappa shape index (κ1) is 18.4. The van der Waals surface area contributed by atoms with E-state index in [1.165, 1.54) is 0 Å². The third kappa shape index (κ3) is 3.11. The topological polar surface area (TPSA) is 67.9 Å². The molecule has 0 unspecified atom stereocenters. The molecule has 1 heterocycles. The van der Waals surface area contributed by atoms with Crippen LogP contribution >= 0.6 is 0 Å². The van der Waals surface area contributed by atoms with Gasteiger partial charge in [-0.05, 0) is 43.6 Å². The predicted molar refractivity (Wildman–Crippen MR) is 105 cm³/mol. The maximum absolute atomic E-state index is 13.1. The summed E-state index contributed by atoms with van der Waals surface area (Å²) in [4.78, 5) is 15.4. The first-order chi connectivity index (χ1) is 13.0. The number of hydrogen-bond donors (Lipinski definition) is 0. The van der Waals surface area contributed by atoms with Crippen LogP contribution in [0.15, 0.2) is 64.5 Å². The molecule has 1 aromatic rings. The molecule has 0 radical (unpaired) electrons. The van der Waals surface area contributed by atoms with Gasteiger partial charge in [0, 0.05) is 34.6 Å². The fraction of sp³-hybridized carbons (Fsp3) is 0.261. The van der Waals surface area contributed by atoms with E-state index in [2.05, 4.69) is 11.8 Å². The molecule has 0 aromatic heterocycles. The Morgan fingerprint density at radius 1 is 1.04 bits per heavy atom. The summed E-state index contributed by atoms with van der Waals surface area (Å²) in [5.74, 6) is -0.131. The number of carbonyl (C=O) groups is 1. The van der Waals surface area contributed by atoms with Crippen LogP contribution in [0.4, 0.5) is 0 Å². The molecule has 0 atom stereocenters. The molecule has 0 fully saturated rings. The Labute approximate surface area is 160 Å². The van der Waals surface area contributed by atoms with Gasteiger partial charge in [0.2, 0.25) is 0 Å². The number of nitrogens with zero attached hydrogens (tertiary/aromatic N) is 3. The predicted octanol–water partition coefficient (Wildman–Crippen LogP) is 4.90. The van der Waals surface area contributed by atoms with Crippen molar-refractivity contribution in [3.05, 3.63) is 75.7 Å². The zero-order valence-electron chi connectivity index (χ0n) is 15.8. The number of carbonyl (C=O) groups excluding carboxylic acids is 1. The molecule has 1 aliphatic heterocycles. The van der Waals surface area contributed by atoms with E-state index in [0.29, 0.717) is 22.3 Å². The van der Waals surface area contributed by atoms with Crippen molar-refractivity contribution in [2.45, 2.75) is 33.6 Å². The van der Waals surface area contributed by atoms with Gasteiger partial charge in [0.25, 0.3) is 0 Å². The van der Waals surface area contributed by atoms with Gasteiger partial charge < -0.3 is 4.90 Å². The lowest BCUT2D eigenvalue weighted by atomic mass is 9.93. The normalized spacial score (nSPS) is 15.8. The van der Waals surface area contributed by atoms with Crippen molar-refractivity contribution in [3.8, 4) is 12.1 Å². The molecule has 4 heteroatoms.